The van der Waals surface area contributed by atoms with Gasteiger partial charge in [-0.25, -0.2) is 0 Å². The fourth-order valence-electron chi connectivity index (χ4n) is 7.80. The van der Waals surface area contributed by atoms with Crippen LogP contribution in [-0.4, -0.2) is 4.57 Å². The molecule has 1 aromatic heterocycles. The van der Waals surface area contributed by atoms with E-state index in [1.165, 1.54) is 65.6 Å². The molecule has 2 nitrogen and oxygen atoms in total. The molecular formula is C50H34N2. The van der Waals surface area contributed by atoms with Crippen LogP contribution in [0.5, 0.6) is 0 Å². The summed E-state index contributed by atoms with van der Waals surface area (Å²) in [4.78, 5) is 2.36. The van der Waals surface area contributed by atoms with Gasteiger partial charge in [-0.15, -0.1) is 0 Å². The summed E-state index contributed by atoms with van der Waals surface area (Å²) in [7, 11) is 0. The summed E-state index contributed by atoms with van der Waals surface area (Å²) < 4.78 is 2.42. The lowest BCUT2D eigenvalue weighted by atomic mass is 9.98. The average Bonchev–Trinajstić information content (AvgIpc) is 3.57. The standard InChI is InChI=1S/C50H34N2/c1-3-13-42(14-4-1)51(44-29-25-37(26-30-44)36-19-21-38(22-20-36)41-24-23-35-11-7-8-12-40(35)33-41)45-31-27-39-28-32-47-46-17-9-10-18-49(46)52(50(47)48(39)34-45)43-15-5-2-6-16-43/h1-34H. The molecule has 2 heteroatoms. The number of fused-ring (bicyclic) bond motifs is 6. The van der Waals surface area contributed by atoms with Gasteiger partial charge in [-0.2, -0.15) is 0 Å². The minimum absolute atomic E-state index is 1.11. The normalized spacial score (nSPS) is 11.5. The molecule has 1 heterocycles. The quantitative estimate of drug-likeness (QED) is 0.172. The number of hydrogen-bond donors (Lipinski definition) is 0. The van der Waals surface area contributed by atoms with Gasteiger partial charge in [0, 0.05) is 38.9 Å². The lowest BCUT2D eigenvalue weighted by molar-refractivity contribution is 1.19. The Kier molecular flexibility index (Phi) is 7.18. The highest BCUT2D eigenvalue weighted by Crippen LogP contribution is 2.41. The Morgan fingerprint density at radius 3 is 1.62 bits per heavy atom. The SMILES string of the molecule is c1ccc(N(c2ccc(-c3ccc(-c4ccc5ccccc5c4)cc3)cc2)c2ccc3ccc4c5ccccc5n(-c5ccccc5)c4c3c2)cc1. The first-order valence-electron chi connectivity index (χ1n) is 17.8. The van der Waals surface area contributed by atoms with Crippen LogP contribution in [0.3, 0.4) is 0 Å². The maximum Gasteiger partial charge on any atom is 0.0620 e. The van der Waals surface area contributed by atoms with E-state index < -0.39 is 0 Å². The zero-order chi connectivity index (χ0) is 34.4. The van der Waals surface area contributed by atoms with E-state index in [0.717, 1.165) is 22.7 Å². The highest BCUT2D eigenvalue weighted by molar-refractivity contribution is 6.19. The van der Waals surface area contributed by atoms with Crippen LogP contribution in [0.2, 0.25) is 0 Å². The maximum atomic E-state index is 2.42. The molecule has 0 aliphatic rings. The maximum absolute atomic E-state index is 2.42. The van der Waals surface area contributed by atoms with Crippen molar-refractivity contribution in [3.63, 3.8) is 0 Å². The van der Waals surface area contributed by atoms with Crippen molar-refractivity contribution in [2.75, 3.05) is 4.90 Å². The summed E-state index contributed by atoms with van der Waals surface area (Å²) in [6.45, 7) is 0. The van der Waals surface area contributed by atoms with Crippen LogP contribution in [0.1, 0.15) is 0 Å². The van der Waals surface area contributed by atoms with E-state index in [9.17, 15) is 0 Å². The van der Waals surface area contributed by atoms with E-state index in [1.54, 1.807) is 0 Å². The van der Waals surface area contributed by atoms with Crippen molar-refractivity contribution in [3.8, 4) is 27.9 Å². The molecule has 0 aliphatic carbocycles. The summed E-state index contributed by atoms with van der Waals surface area (Å²) in [5, 5.41) is 7.48. The summed E-state index contributed by atoms with van der Waals surface area (Å²) in [6, 6.07) is 74.6. The summed E-state index contributed by atoms with van der Waals surface area (Å²) in [5.41, 5.74) is 11.8. The van der Waals surface area contributed by atoms with Crippen molar-refractivity contribution >= 4 is 60.4 Å². The monoisotopic (exact) mass is 662 g/mol. The molecule has 0 fully saturated rings. The number of aromatic nitrogens is 1. The second-order valence-corrected chi connectivity index (χ2v) is 13.4. The largest absolute Gasteiger partial charge is 0.310 e. The number of nitrogens with zero attached hydrogens (tertiary/aromatic N) is 2. The molecule has 10 aromatic rings. The van der Waals surface area contributed by atoms with Crippen LogP contribution in [0.4, 0.5) is 17.1 Å². The molecule has 52 heavy (non-hydrogen) atoms. The predicted octanol–water partition coefficient (Wildman–Crippen LogP) is 13.9. The van der Waals surface area contributed by atoms with Crippen molar-refractivity contribution in [1.82, 2.24) is 4.57 Å². The Bertz CT molecular complexity index is 2870. The molecule has 0 spiro atoms. The second kappa shape index (κ2) is 12.5. The van der Waals surface area contributed by atoms with Gasteiger partial charge in [0.05, 0.1) is 11.0 Å². The third kappa shape index (κ3) is 5.12. The predicted molar refractivity (Wildman–Crippen MR) is 221 cm³/mol. The van der Waals surface area contributed by atoms with Crippen LogP contribution in [0.25, 0.3) is 71.3 Å². The molecule has 9 aromatic carbocycles. The fraction of sp³-hybridized carbons (Fsp3) is 0. The fourth-order valence-corrected chi connectivity index (χ4v) is 7.80. The van der Waals surface area contributed by atoms with Crippen LogP contribution in [0, 0.1) is 0 Å². The molecule has 0 unspecified atom stereocenters. The Morgan fingerprint density at radius 2 is 0.846 bits per heavy atom. The smallest absolute Gasteiger partial charge is 0.0620 e. The van der Waals surface area contributed by atoms with Gasteiger partial charge in [-0.05, 0) is 99.1 Å². The lowest BCUT2D eigenvalue weighted by Crippen LogP contribution is -2.09. The van der Waals surface area contributed by atoms with Gasteiger partial charge < -0.3 is 9.47 Å². The molecule has 0 amide bonds. The number of anilines is 3. The van der Waals surface area contributed by atoms with Crippen molar-refractivity contribution in [2.45, 2.75) is 0 Å². The third-order valence-corrected chi connectivity index (χ3v) is 10.3. The van der Waals surface area contributed by atoms with E-state index in [4.69, 9.17) is 0 Å². The molecule has 0 aliphatic heterocycles. The Balaban J connectivity index is 1.06. The van der Waals surface area contributed by atoms with Gasteiger partial charge >= 0.3 is 0 Å². The first kappa shape index (κ1) is 30.0. The van der Waals surface area contributed by atoms with E-state index in [1.807, 2.05) is 0 Å². The van der Waals surface area contributed by atoms with Gasteiger partial charge in [0.1, 0.15) is 0 Å². The summed E-state index contributed by atoms with van der Waals surface area (Å²) in [6.07, 6.45) is 0. The van der Waals surface area contributed by atoms with E-state index in [0.29, 0.717) is 0 Å². The molecule has 0 N–H and O–H groups in total. The van der Waals surface area contributed by atoms with Crippen LogP contribution < -0.4 is 4.90 Å². The Labute approximate surface area is 303 Å². The third-order valence-electron chi connectivity index (χ3n) is 10.3. The average molecular weight is 663 g/mol. The second-order valence-electron chi connectivity index (χ2n) is 13.4. The topological polar surface area (TPSA) is 8.17 Å². The zero-order valence-electron chi connectivity index (χ0n) is 28.5. The molecule has 0 saturated carbocycles. The van der Waals surface area contributed by atoms with Crippen molar-refractivity contribution in [2.24, 2.45) is 0 Å². The molecule has 0 radical (unpaired) electrons. The Hall–Kier alpha value is -6.90. The highest BCUT2D eigenvalue weighted by atomic mass is 15.1. The summed E-state index contributed by atoms with van der Waals surface area (Å²) in [5.74, 6) is 0. The van der Waals surface area contributed by atoms with Gasteiger partial charge in [0.25, 0.3) is 0 Å². The molecule has 0 atom stereocenters. The molecule has 0 saturated heterocycles. The molecule has 0 bridgehead atoms. The van der Waals surface area contributed by atoms with Crippen molar-refractivity contribution in [1.29, 1.82) is 0 Å². The zero-order valence-corrected chi connectivity index (χ0v) is 28.5. The molecule has 244 valence electrons. The van der Waals surface area contributed by atoms with E-state index in [2.05, 4.69) is 216 Å². The van der Waals surface area contributed by atoms with Crippen molar-refractivity contribution in [3.05, 3.63) is 206 Å². The van der Waals surface area contributed by atoms with Crippen LogP contribution >= 0.6 is 0 Å². The highest BCUT2D eigenvalue weighted by Gasteiger charge is 2.18. The van der Waals surface area contributed by atoms with Crippen LogP contribution in [0.15, 0.2) is 206 Å². The number of para-hydroxylation sites is 3. The first-order valence-corrected chi connectivity index (χ1v) is 17.8. The first-order chi connectivity index (χ1) is 25.8. The van der Waals surface area contributed by atoms with Gasteiger partial charge in [-0.3, -0.25) is 0 Å². The minimum atomic E-state index is 1.11. The van der Waals surface area contributed by atoms with Gasteiger partial charge in [0.15, 0.2) is 0 Å². The number of benzene rings is 9. The van der Waals surface area contributed by atoms with Crippen LogP contribution in [-0.2, 0) is 0 Å². The van der Waals surface area contributed by atoms with Gasteiger partial charge in [0.2, 0.25) is 0 Å². The molecule has 10 rings (SSSR count). The number of hydrogen-bond acceptors (Lipinski definition) is 1. The van der Waals surface area contributed by atoms with E-state index >= 15 is 0 Å². The number of rotatable bonds is 6. The van der Waals surface area contributed by atoms with Gasteiger partial charge in [-0.1, -0.05) is 146 Å². The van der Waals surface area contributed by atoms with E-state index in [-0.39, 0.29) is 0 Å². The van der Waals surface area contributed by atoms with Crippen molar-refractivity contribution < 1.29 is 0 Å². The molecular weight excluding hydrogens is 629 g/mol. The lowest BCUT2D eigenvalue weighted by Gasteiger charge is -2.26. The Morgan fingerprint density at radius 1 is 0.308 bits per heavy atom. The minimum Gasteiger partial charge on any atom is -0.310 e. The summed E-state index contributed by atoms with van der Waals surface area (Å²) >= 11 is 0.